The molecule has 1 aliphatic carbocycles. The molecule has 1 fully saturated rings. The van der Waals surface area contributed by atoms with Crippen molar-refractivity contribution in [2.45, 2.75) is 43.9 Å². The van der Waals surface area contributed by atoms with E-state index in [-0.39, 0.29) is 6.04 Å². The Bertz CT molecular complexity index is 557. The molecule has 0 radical (unpaired) electrons. The number of nitrogens with two attached hydrogens (primary N) is 1. The van der Waals surface area contributed by atoms with Crippen molar-refractivity contribution in [2.75, 3.05) is 5.75 Å². The van der Waals surface area contributed by atoms with Crippen LogP contribution in [0.1, 0.15) is 43.0 Å². The standard InChI is InChI=1S/C16H21NOS/c1-11-5-4-6-12-9-15(18-16(11)12)14(17)10-19-13-7-2-3-8-13/h4-6,9,13-14H,2-3,7-8,10,17H2,1H3. The van der Waals surface area contributed by atoms with Gasteiger partial charge < -0.3 is 10.2 Å². The van der Waals surface area contributed by atoms with Crippen molar-refractivity contribution in [2.24, 2.45) is 5.73 Å². The Morgan fingerprint density at radius 1 is 1.37 bits per heavy atom. The lowest BCUT2D eigenvalue weighted by atomic mass is 10.1. The molecule has 1 aromatic heterocycles. The monoisotopic (exact) mass is 275 g/mol. The Morgan fingerprint density at radius 3 is 2.89 bits per heavy atom. The van der Waals surface area contributed by atoms with Crippen molar-refractivity contribution in [3.8, 4) is 0 Å². The number of rotatable bonds is 4. The second-order valence-corrected chi connectivity index (χ2v) is 6.82. The van der Waals surface area contributed by atoms with E-state index in [0.717, 1.165) is 27.7 Å². The molecule has 0 saturated heterocycles. The van der Waals surface area contributed by atoms with E-state index in [2.05, 4.69) is 31.2 Å². The predicted molar refractivity (Wildman–Crippen MR) is 82.6 cm³/mol. The molecule has 1 aromatic carbocycles. The first-order chi connectivity index (χ1) is 9.24. The molecule has 1 atom stereocenters. The smallest absolute Gasteiger partial charge is 0.137 e. The summed E-state index contributed by atoms with van der Waals surface area (Å²) in [4.78, 5) is 0. The zero-order chi connectivity index (χ0) is 13.2. The van der Waals surface area contributed by atoms with Gasteiger partial charge in [0, 0.05) is 16.4 Å². The topological polar surface area (TPSA) is 39.2 Å². The number of aryl methyl sites for hydroxylation is 1. The van der Waals surface area contributed by atoms with Gasteiger partial charge in [0.1, 0.15) is 11.3 Å². The Kier molecular flexibility index (Phi) is 3.85. The fourth-order valence-corrected chi connectivity index (χ4v) is 4.10. The number of benzene rings is 1. The van der Waals surface area contributed by atoms with Gasteiger partial charge in [0.05, 0.1) is 6.04 Å². The van der Waals surface area contributed by atoms with Crippen LogP contribution in [0.2, 0.25) is 0 Å². The average molecular weight is 275 g/mol. The number of para-hydroxylation sites is 1. The molecule has 102 valence electrons. The van der Waals surface area contributed by atoms with Crippen molar-refractivity contribution >= 4 is 22.7 Å². The van der Waals surface area contributed by atoms with Gasteiger partial charge in [-0.15, -0.1) is 0 Å². The molecule has 0 spiro atoms. The zero-order valence-electron chi connectivity index (χ0n) is 11.4. The van der Waals surface area contributed by atoms with Crippen molar-refractivity contribution in [1.29, 1.82) is 0 Å². The first-order valence-electron chi connectivity index (χ1n) is 7.10. The maximum Gasteiger partial charge on any atom is 0.137 e. The van der Waals surface area contributed by atoms with Gasteiger partial charge in [-0.2, -0.15) is 11.8 Å². The van der Waals surface area contributed by atoms with Gasteiger partial charge >= 0.3 is 0 Å². The van der Waals surface area contributed by atoms with Crippen LogP contribution in [0.5, 0.6) is 0 Å². The second kappa shape index (κ2) is 5.59. The largest absolute Gasteiger partial charge is 0.459 e. The quantitative estimate of drug-likeness (QED) is 0.898. The second-order valence-electron chi connectivity index (χ2n) is 5.49. The molecular formula is C16H21NOS. The van der Waals surface area contributed by atoms with E-state index >= 15 is 0 Å². The number of furan rings is 1. The maximum atomic E-state index is 6.27. The van der Waals surface area contributed by atoms with E-state index < -0.39 is 0 Å². The predicted octanol–water partition coefficient (Wildman–Crippen LogP) is 4.42. The van der Waals surface area contributed by atoms with Gasteiger partial charge in [-0.1, -0.05) is 31.0 Å². The van der Waals surface area contributed by atoms with Crippen LogP contribution in [0.3, 0.4) is 0 Å². The number of thioether (sulfide) groups is 1. The minimum Gasteiger partial charge on any atom is -0.459 e. The van der Waals surface area contributed by atoms with E-state index in [1.807, 2.05) is 11.8 Å². The van der Waals surface area contributed by atoms with E-state index in [1.54, 1.807) is 0 Å². The molecule has 1 saturated carbocycles. The number of fused-ring (bicyclic) bond motifs is 1. The third-order valence-corrected chi connectivity index (χ3v) is 5.43. The average Bonchev–Trinajstić information content (AvgIpc) is 3.05. The molecule has 3 rings (SSSR count). The fourth-order valence-electron chi connectivity index (χ4n) is 2.79. The molecular weight excluding hydrogens is 254 g/mol. The van der Waals surface area contributed by atoms with Crippen molar-refractivity contribution in [1.82, 2.24) is 0 Å². The fraction of sp³-hybridized carbons (Fsp3) is 0.500. The Balaban J connectivity index is 1.70. The third-order valence-electron chi connectivity index (χ3n) is 3.94. The Labute approximate surface area is 118 Å². The molecule has 2 aromatic rings. The minimum absolute atomic E-state index is 0.0115. The lowest BCUT2D eigenvalue weighted by Crippen LogP contribution is -2.13. The molecule has 0 aliphatic heterocycles. The minimum atomic E-state index is 0.0115. The molecule has 3 heteroatoms. The van der Waals surface area contributed by atoms with Crippen molar-refractivity contribution in [3.05, 3.63) is 35.6 Å². The van der Waals surface area contributed by atoms with Gasteiger partial charge in [-0.3, -0.25) is 0 Å². The Morgan fingerprint density at radius 2 is 2.16 bits per heavy atom. The highest BCUT2D eigenvalue weighted by Gasteiger charge is 2.19. The van der Waals surface area contributed by atoms with Crippen LogP contribution < -0.4 is 5.73 Å². The lowest BCUT2D eigenvalue weighted by molar-refractivity contribution is 0.514. The van der Waals surface area contributed by atoms with Crippen molar-refractivity contribution < 1.29 is 4.42 Å². The highest BCUT2D eigenvalue weighted by Crippen LogP contribution is 2.33. The van der Waals surface area contributed by atoms with E-state index in [4.69, 9.17) is 10.2 Å². The summed E-state index contributed by atoms with van der Waals surface area (Å²) in [6.07, 6.45) is 5.49. The highest BCUT2D eigenvalue weighted by molar-refractivity contribution is 7.99. The lowest BCUT2D eigenvalue weighted by Gasteiger charge is -2.12. The van der Waals surface area contributed by atoms with Gasteiger partial charge in [-0.05, 0) is 31.4 Å². The molecule has 19 heavy (non-hydrogen) atoms. The summed E-state index contributed by atoms with van der Waals surface area (Å²) < 4.78 is 5.94. The van der Waals surface area contributed by atoms with Crippen LogP contribution in [0, 0.1) is 6.92 Å². The maximum absolute atomic E-state index is 6.27. The van der Waals surface area contributed by atoms with Crippen LogP contribution in [-0.4, -0.2) is 11.0 Å². The van der Waals surface area contributed by atoms with E-state index in [9.17, 15) is 0 Å². The third kappa shape index (κ3) is 2.82. The molecule has 1 heterocycles. The zero-order valence-corrected chi connectivity index (χ0v) is 12.2. The molecule has 1 aliphatic rings. The van der Waals surface area contributed by atoms with E-state index in [1.165, 1.54) is 31.2 Å². The van der Waals surface area contributed by atoms with Gasteiger partial charge in [-0.25, -0.2) is 0 Å². The van der Waals surface area contributed by atoms with Crippen LogP contribution in [-0.2, 0) is 0 Å². The Hall–Kier alpha value is -0.930. The van der Waals surface area contributed by atoms with Crippen LogP contribution in [0.15, 0.2) is 28.7 Å². The summed E-state index contributed by atoms with van der Waals surface area (Å²) in [6, 6.07) is 8.34. The SMILES string of the molecule is Cc1cccc2cc(C(N)CSC3CCCC3)oc12. The number of hydrogen-bond acceptors (Lipinski definition) is 3. The van der Waals surface area contributed by atoms with Crippen LogP contribution in [0.25, 0.3) is 11.0 Å². The van der Waals surface area contributed by atoms with Gasteiger partial charge in [0.15, 0.2) is 0 Å². The first-order valence-corrected chi connectivity index (χ1v) is 8.15. The molecule has 0 bridgehead atoms. The first kappa shape index (κ1) is 13.1. The highest BCUT2D eigenvalue weighted by atomic mass is 32.2. The normalized spacial score (nSPS) is 18.2. The molecule has 0 amide bonds. The van der Waals surface area contributed by atoms with Crippen molar-refractivity contribution in [3.63, 3.8) is 0 Å². The van der Waals surface area contributed by atoms with Crippen LogP contribution >= 0.6 is 11.8 Å². The van der Waals surface area contributed by atoms with E-state index in [0.29, 0.717) is 0 Å². The summed E-state index contributed by atoms with van der Waals surface area (Å²) in [6.45, 7) is 2.08. The summed E-state index contributed by atoms with van der Waals surface area (Å²) in [5.41, 5.74) is 8.44. The van der Waals surface area contributed by atoms with Gasteiger partial charge in [0.2, 0.25) is 0 Å². The van der Waals surface area contributed by atoms with Crippen LogP contribution in [0.4, 0.5) is 0 Å². The summed E-state index contributed by atoms with van der Waals surface area (Å²) in [5, 5.41) is 1.98. The molecule has 2 N–H and O–H groups in total. The molecule has 1 unspecified atom stereocenters. The summed E-state index contributed by atoms with van der Waals surface area (Å²) >= 11 is 2.02. The summed E-state index contributed by atoms with van der Waals surface area (Å²) in [5.74, 6) is 1.89. The summed E-state index contributed by atoms with van der Waals surface area (Å²) in [7, 11) is 0. The van der Waals surface area contributed by atoms with Gasteiger partial charge in [0.25, 0.3) is 0 Å². The molecule has 2 nitrogen and oxygen atoms in total. The number of hydrogen-bond donors (Lipinski definition) is 1.